The molecule has 0 aromatic rings. The number of carboxylic acid groups (broad SMARTS) is 1. The minimum atomic E-state index is -0.786. The number of aliphatic carboxylic acids is 1. The van der Waals surface area contributed by atoms with Crippen LogP contribution in [0.5, 0.6) is 0 Å². The van der Waals surface area contributed by atoms with Crippen LogP contribution in [0.2, 0.25) is 0 Å². The van der Waals surface area contributed by atoms with Gasteiger partial charge in [0.05, 0.1) is 5.92 Å². The Morgan fingerprint density at radius 2 is 2.06 bits per heavy atom. The molecule has 0 aromatic carbocycles. The first-order chi connectivity index (χ1) is 8.11. The van der Waals surface area contributed by atoms with E-state index in [0.717, 1.165) is 19.3 Å². The van der Waals surface area contributed by atoms with Gasteiger partial charge in [-0.05, 0) is 19.3 Å². The second-order valence-electron chi connectivity index (χ2n) is 4.04. The van der Waals surface area contributed by atoms with Gasteiger partial charge >= 0.3 is 11.9 Å². The van der Waals surface area contributed by atoms with Gasteiger partial charge in [-0.3, -0.25) is 9.59 Å². The number of ether oxygens (including phenoxy) is 1. The molecule has 1 N–H and O–H groups in total. The van der Waals surface area contributed by atoms with Gasteiger partial charge in [-0.15, -0.1) is 0 Å². The Labute approximate surface area is 103 Å². The lowest BCUT2D eigenvalue weighted by atomic mass is 9.96. The molecule has 0 saturated heterocycles. The molecule has 0 bridgehead atoms. The molecular formula is C13H22O4. The highest BCUT2D eigenvalue weighted by molar-refractivity contribution is 5.72. The maximum absolute atomic E-state index is 11.6. The Hall–Kier alpha value is -1.32. The number of unbranched alkanes of at least 4 members (excludes halogenated alkanes) is 1. The molecule has 0 radical (unpaired) electrons. The minimum absolute atomic E-state index is 0.103. The van der Waals surface area contributed by atoms with Crippen LogP contribution in [-0.4, -0.2) is 23.7 Å². The fraction of sp³-hybridized carbons (Fsp3) is 0.692. The lowest BCUT2D eigenvalue weighted by molar-refractivity contribution is -0.147. The van der Waals surface area contributed by atoms with Crippen LogP contribution >= 0.6 is 0 Å². The molecule has 0 spiro atoms. The van der Waals surface area contributed by atoms with Gasteiger partial charge < -0.3 is 9.84 Å². The summed E-state index contributed by atoms with van der Waals surface area (Å²) in [5.74, 6) is -1.08. The summed E-state index contributed by atoms with van der Waals surface area (Å²) in [6.07, 6.45) is 5.50. The average molecular weight is 242 g/mol. The smallest absolute Gasteiger partial charge is 0.309 e. The number of carbonyl (C=O) groups is 2. The van der Waals surface area contributed by atoms with E-state index in [0.29, 0.717) is 12.8 Å². The van der Waals surface area contributed by atoms with E-state index in [9.17, 15) is 9.59 Å². The number of hydrogen-bond acceptors (Lipinski definition) is 3. The lowest BCUT2D eigenvalue weighted by Gasteiger charge is -2.14. The van der Waals surface area contributed by atoms with E-state index in [4.69, 9.17) is 9.84 Å². The second-order valence-corrected chi connectivity index (χ2v) is 4.04. The SMILES string of the molecule is C=CCOC(=O)C(CCC)CCCCC(=O)O. The molecule has 0 fully saturated rings. The van der Waals surface area contributed by atoms with Crippen LogP contribution in [0.25, 0.3) is 0 Å². The first-order valence-electron chi connectivity index (χ1n) is 6.11. The molecule has 4 heteroatoms. The number of hydrogen-bond donors (Lipinski definition) is 1. The molecule has 1 atom stereocenters. The Kier molecular flexibility index (Phi) is 9.11. The quantitative estimate of drug-likeness (QED) is 0.363. The van der Waals surface area contributed by atoms with E-state index in [1.54, 1.807) is 6.08 Å². The van der Waals surface area contributed by atoms with E-state index in [1.807, 2.05) is 6.92 Å². The molecule has 0 aromatic heterocycles. The van der Waals surface area contributed by atoms with Crippen LogP contribution in [0.1, 0.15) is 45.4 Å². The van der Waals surface area contributed by atoms with E-state index in [1.165, 1.54) is 0 Å². The van der Waals surface area contributed by atoms with Gasteiger partial charge in [-0.25, -0.2) is 0 Å². The molecule has 0 aliphatic carbocycles. The predicted octanol–water partition coefficient (Wildman–Crippen LogP) is 2.78. The summed E-state index contributed by atoms with van der Waals surface area (Å²) < 4.78 is 5.01. The first-order valence-corrected chi connectivity index (χ1v) is 6.11. The topological polar surface area (TPSA) is 63.6 Å². The van der Waals surface area contributed by atoms with Crippen molar-refractivity contribution in [2.24, 2.45) is 5.92 Å². The van der Waals surface area contributed by atoms with Crippen molar-refractivity contribution in [2.45, 2.75) is 45.4 Å². The Bertz CT molecular complexity index is 248. The normalized spacial score (nSPS) is 11.8. The Morgan fingerprint density at radius 1 is 1.35 bits per heavy atom. The van der Waals surface area contributed by atoms with Gasteiger partial charge in [0.25, 0.3) is 0 Å². The van der Waals surface area contributed by atoms with Crippen LogP contribution in [0.3, 0.4) is 0 Å². The zero-order valence-corrected chi connectivity index (χ0v) is 10.5. The van der Waals surface area contributed by atoms with Crippen molar-refractivity contribution in [2.75, 3.05) is 6.61 Å². The van der Waals surface area contributed by atoms with Crippen molar-refractivity contribution in [3.63, 3.8) is 0 Å². The summed E-state index contributed by atoms with van der Waals surface area (Å²) in [5, 5.41) is 8.50. The third kappa shape index (κ3) is 8.48. The van der Waals surface area contributed by atoms with Crippen molar-refractivity contribution in [3.05, 3.63) is 12.7 Å². The number of carbonyl (C=O) groups excluding carboxylic acids is 1. The van der Waals surface area contributed by atoms with E-state index < -0.39 is 5.97 Å². The molecule has 0 rings (SSSR count). The van der Waals surface area contributed by atoms with Gasteiger partial charge in [0, 0.05) is 6.42 Å². The summed E-state index contributed by atoms with van der Waals surface area (Å²) in [6.45, 7) is 5.75. The predicted molar refractivity (Wildman–Crippen MR) is 65.7 cm³/mol. The average Bonchev–Trinajstić information content (AvgIpc) is 2.29. The molecule has 0 aliphatic rings. The standard InChI is InChI=1S/C13H22O4/c1-3-7-11(13(16)17-10-4-2)8-5-6-9-12(14)15/h4,11H,2-3,5-10H2,1H3,(H,14,15). The van der Waals surface area contributed by atoms with Gasteiger partial charge in [0.2, 0.25) is 0 Å². The van der Waals surface area contributed by atoms with Crippen molar-refractivity contribution < 1.29 is 19.4 Å². The molecule has 17 heavy (non-hydrogen) atoms. The Morgan fingerprint density at radius 3 is 2.59 bits per heavy atom. The van der Waals surface area contributed by atoms with Crippen molar-refractivity contribution in [1.82, 2.24) is 0 Å². The number of rotatable bonds is 10. The largest absolute Gasteiger partial charge is 0.481 e. The zero-order chi connectivity index (χ0) is 13.1. The summed E-state index contributed by atoms with van der Waals surface area (Å²) >= 11 is 0. The third-order valence-corrected chi connectivity index (χ3v) is 2.51. The fourth-order valence-electron chi connectivity index (χ4n) is 1.65. The lowest BCUT2D eigenvalue weighted by Crippen LogP contribution is -2.18. The first kappa shape index (κ1) is 15.7. The monoisotopic (exact) mass is 242 g/mol. The molecule has 4 nitrogen and oxygen atoms in total. The minimum Gasteiger partial charge on any atom is -0.481 e. The fourth-order valence-corrected chi connectivity index (χ4v) is 1.65. The van der Waals surface area contributed by atoms with E-state index >= 15 is 0 Å². The van der Waals surface area contributed by atoms with Gasteiger partial charge in [0.15, 0.2) is 0 Å². The zero-order valence-electron chi connectivity index (χ0n) is 10.5. The third-order valence-electron chi connectivity index (χ3n) is 2.51. The highest BCUT2D eigenvalue weighted by atomic mass is 16.5. The molecule has 1 unspecified atom stereocenters. The molecule has 0 aliphatic heterocycles. The van der Waals surface area contributed by atoms with Crippen LogP contribution < -0.4 is 0 Å². The highest BCUT2D eigenvalue weighted by Gasteiger charge is 2.18. The van der Waals surface area contributed by atoms with Crippen LogP contribution in [0.15, 0.2) is 12.7 Å². The highest BCUT2D eigenvalue weighted by Crippen LogP contribution is 2.17. The molecule has 0 amide bonds. The van der Waals surface area contributed by atoms with Gasteiger partial charge in [-0.2, -0.15) is 0 Å². The number of esters is 1. The maximum atomic E-state index is 11.6. The summed E-state index contributed by atoms with van der Waals surface area (Å²) in [5.41, 5.74) is 0. The van der Waals surface area contributed by atoms with E-state index in [-0.39, 0.29) is 24.9 Å². The number of carboxylic acids is 1. The van der Waals surface area contributed by atoms with Crippen LogP contribution in [0.4, 0.5) is 0 Å². The van der Waals surface area contributed by atoms with Gasteiger partial charge in [0.1, 0.15) is 6.61 Å². The van der Waals surface area contributed by atoms with Crippen molar-refractivity contribution in [3.8, 4) is 0 Å². The van der Waals surface area contributed by atoms with Gasteiger partial charge in [-0.1, -0.05) is 32.4 Å². The molecule has 98 valence electrons. The molecule has 0 saturated carbocycles. The molecular weight excluding hydrogens is 220 g/mol. The van der Waals surface area contributed by atoms with Crippen molar-refractivity contribution >= 4 is 11.9 Å². The van der Waals surface area contributed by atoms with Crippen molar-refractivity contribution in [1.29, 1.82) is 0 Å². The summed E-state index contributed by atoms with van der Waals surface area (Å²) in [6, 6.07) is 0. The summed E-state index contributed by atoms with van der Waals surface area (Å²) in [4.78, 5) is 22.0. The van der Waals surface area contributed by atoms with Crippen LogP contribution in [-0.2, 0) is 14.3 Å². The second kappa shape index (κ2) is 9.87. The van der Waals surface area contributed by atoms with E-state index in [2.05, 4.69) is 6.58 Å². The Balaban J connectivity index is 3.91. The van der Waals surface area contributed by atoms with Crippen LogP contribution in [0, 0.1) is 5.92 Å². The summed E-state index contributed by atoms with van der Waals surface area (Å²) in [7, 11) is 0. The molecule has 0 heterocycles. The maximum Gasteiger partial charge on any atom is 0.309 e.